The Kier molecular flexibility index (Phi) is 3.88. The van der Waals surface area contributed by atoms with E-state index in [0.717, 1.165) is 32.6 Å². The van der Waals surface area contributed by atoms with Crippen LogP contribution in [0.25, 0.3) is 0 Å². The van der Waals surface area contributed by atoms with Crippen LogP contribution < -0.4 is 0 Å². The van der Waals surface area contributed by atoms with Gasteiger partial charge < -0.3 is 4.74 Å². The first-order valence-electron chi connectivity index (χ1n) is 5.19. The molecule has 0 radical (unpaired) electrons. The number of nitrogens with zero attached hydrogens (tertiary/aromatic N) is 2. The summed E-state index contributed by atoms with van der Waals surface area (Å²) in [6.07, 6.45) is 5.86. The lowest BCUT2D eigenvalue weighted by atomic mass is 10.2. The van der Waals surface area contributed by atoms with E-state index in [0.29, 0.717) is 10.6 Å². The summed E-state index contributed by atoms with van der Waals surface area (Å²) < 4.78 is 5.27. The molecule has 0 spiro atoms. The molecule has 0 aromatic rings. The molecule has 1 atom stereocenters. The predicted molar refractivity (Wildman–Crippen MR) is 62.8 cm³/mol. The highest BCUT2D eigenvalue weighted by Crippen LogP contribution is 2.15. The molecule has 2 aliphatic rings. The van der Waals surface area contributed by atoms with E-state index in [1.165, 1.54) is 0 Å². The first-order chi connectivity index (χ1) is 7.81. The zero-order valence-electron chi connectivity index (χ0n) is 8.80. The minimum atomic E-state index is -0.0462. The zero-order valence-corrected chi connectivity index (χ0v) is 9.56. The van der Waals surface area contributed by atoms with Crippen molar-refractivity contribution in [3.63, 3.8) is 0 Å². The van der Waals surface area contributed by atoms with Crippen LogP contribution in [0.4, 0.5) is 0 Å². The maximum Gasteiger partial charge on any atom is 0.151 e. The average Bonchev–Trinajstić information content (AvgIpc) is 2.52. The largest absolute Gasteiger partial charge is 0.379 e. The van der Waals surface area contributed by atoms with Gasteiger partial charge in [0.25, 0.3) is 0 Å². The molecule has 2 rings (SSSR count). The van der Waals surface area contributed by atoms with Gasteiger partial charge in [0.2, 0.25) is 0 Å². The van der Waals surface area contributed by atoms with E-state index < -0.39 is 0 Å². The number of aldehydes is 1. The predicted octanol–water partition coefficient (Wildman–Crippen LogP) is 0.977. The van der Waals surface area contributed by atoms with Crippen molar-refractivity contribution in [1.29, 1.82) is 0 Å². The third-order valence-corrected chi connectivity index (χ3v) is 2.93. The lowest BCUT2D eigenvalue weighted by Crippen LogP contribution is -2.41. The molecule has 0 saturated carbocycles. The number of allylic oxidation sites excluding steroid dienone is 3. The number of morpholine rings is 1. The summed E-state index contributed by atoms with van der Waals surface area (Å²) in [4.78, 5) is 17.2. The summed E-state index contributed by atoms with van der Waals surface area (Å²) in [6.45, 7) is 3.14. The fourth-order valence-electron chi connectivity index (χ4n) is 1.69. The first-order valence-corrected chi connectivity index (χ1v) is 5.57. The third kappa shape index (κ3) is 2.58. The number of hydrogen-bond donors (Lipinski definition) is 0. The van der Waals surface area contributed by atoms with Crippen LogP contribution in [0.15, 0.2) is 27.7 Å². The standard InChI is InChI=1S/C11H13ClN2O2/c12-10-7-13-11(2-1-9(10)8-15)14-3-5-16-6-4-14/h1-2,7-8,11H,3-6H2. The molecule has 0 N–H and O–H groups in total. The van der Waals surface area contributed by atoms with Gasteiger partial charge in [0, 0.05) is 24.9 Å². The van der Waals surface area contributed by atoms with Crippen molar-refractivity contribution in [2.45, 2.75) is 6.17 Å². The van der Waals surface area contributed by atoms with Gasteiger partial charge in [-0.25, -0.2) is 0 Å². The normalized spacial score (nSPS) is 26.9. The SMILES string of the molecule is O=CC1=C(Cl)C=NC(N2CCOCC2)C=C1. The van der Waals surface area contributed by atoms with E-state index in [1.54, 1.807) is 12.3 Å². The Bertz CT molecular complexity index is 357. The summed E-state index contributed by atoms with van der Waals surface area (Å²) in [5, 5.41) is 0.391. The van der Waals surface area contributed by atoms with Gasteiger partial charge in [0.15, 0.2) is 6.29 Å². The number of rotatable bonds is 2. The molecule has 2 heterocycles. The van der Waals surface area contributed by atoms with Gasteiger partial charge in [-0.05, 0) is 6.08 Å². The van der Waals surface area contributed by atoms with E-state index in [9.17, 15) is 4.79 Å². The van der Waals surface area contributed by atoms with E-state index >= 15 is 0 Å². The highest BCUT2D eigenvalue weighted by molar-refractivity contribution is 6.41. The minimum absolute atomic E-state index is 0.0462. The van der Waals surface area contributed by atoms with Gasteiger partial charge in [-0.3, -0.25) is 14.7 Å². The molecule has 0 bridgehead atoms. The highest BCUT2D eigenvalue weighted by atomic mass is 35.5. The fourth-order valence-corrected chi connectivity index (χ4v) is 1.85. The van der Waals surface area contributed by atoms with Crippen molar-refractivity contribution in [1.82, 2.24) is 4.90 Å². The van der Waals surface area contributed by atoms with Crippen LogP contribution in [-0.2, 0) is 9.53 Å². The van der Waals surface area contributed by atoms with E-state index in [2.05, 4.69) is 9.89 Å². The minimum Gasteiger partial charge on any atom is -0.379 e. The Morgan fingerprint density at radius 1 is 1.50 bits per heavy atom. The smallest absolute Gasteiger partial charge is 0.151 e. The molecule has 1 fully saturated rings. The van der Waals surface area contributed by atoms with Crippen LogP contribution in [0, 0.1) is 0 Å². The van der Waals surface area contributed by atoms with Gasteiger partial charge in [-0.1, -0.05) is 17.7 Å². The van der Waals surface area contributed by atoms with Crippen LogP contribution in [-0.4, -0.2) is 49.9 Å². The molecule has 5 heteroatoms. The zero-order chi connectivity index (χ0) is 11.4. The molecule has 0 aromatic carbocycles. The molecular formula is C11H13ClN2O2. The molecular weight excluding hydrogens is 228 g/mol. The Balaban J connectivity index is 2.10. The molecule has 0 amide bonds. The second-order valence-electron chi connectivity index (χ2n) is 3.62. The monoisotopic (exact) mass is 240 g/mol. The molecule has 1 saturated heterocycles. The van der Waals surface area contributed by atoms with E-state index in [4.69, 9.17) is 16.3 Å². The summed E-state index contributed by atoms with van der Waals surface area (Å²) >= 11 is 5.90. The van der Waals surface area contributed by atoms with Gasteiger partial charge in [0.1, 0.15) is 6.17 Å². The maximum atomic E-state index is 10.7. The van der Waals surface area contributed by atoms with Crippen molar-refractivity contribution < 1.29 is 9.53 Å². The molecule has 0 aromatic heterocycles. The van der Waals surface area contributed by atoms with Crippen molar-refractivity contribution >= 4 is 24.1 Å². The second kappa shape index (κ2) is 5.39. The lowest BCUT2D eigenvalue weighted by molar-refractivity contribution is -0.104. The van der Waals surface area contributed by atoms with Gasteiger partial charge >= 0.3 is 0 Å². The van der Waals surface area contributed by atoms with E-state index in [1.807, 2.05) is 6.08 Å². The molecule has 1 unspecified atom stereocenters. The molecule has 2 aliphatic heterocycles. The lowest BCUT2D eigenvalue weighted by Gasteiger charge is -2.30. The molecule has 0 aliphatic carbocycles. The summed E-state index contributed by atoms with van der Waals surface area (Å²) in [7, 11) is 0. The number of carbonyl (C=O) groups is 1. The second-order valence-corrected chi connectivity index (χ2v) is 4.03. The average molecular weight is 241 g/mol. The first kappa shape index (κ1) is 11.5. The van der Waals surface area contributed by atoms with Crippen molar-refractivity contribution in [3.05, 3.63) is 22.8 Å². The molecule has 86 valence electrons. The van der Waals surface area contributed by atoms with Crippen LogP contribution in [0.5, 0.6) is 0 Å². The number of ether oxygens (including phenoxy) is 1. The third-order valence-electron chi connectivity index (χ3n) is 2.61. The topological polar surface area (TPSA) is 41.9 Å². The molecule has 16 heavy (non-hydrogen) atoms. The van der Waals surface area contributed by atoms with Gasteiger partial charge in [-0.2, -0.15) is 0 Å². The summed E-state index contributed by atoms with van der Waals surface area (Å²) in [5.41, 5.74) is 0.473. The van der Waals surface area contributed by atoms with Crippen LogP contribution in [0.3, 0.4) is 0 Å². The van der Waals surface area contributed by atoms with Crippen molar-refractivity contribution in [2.75, 3.05) is 26.3 Å². The Morgan fingerprint density at radius 2 is 2.25 bits per heavy atom. The fraction of sp³-hybridized carbons (Fsp3) is 0.455. The Morgan fingerprint density at radius 3 is 2.94 bits per heavy atom. The van der Waals surface area contributed by atoms with Crippen molar-refractivity contribution in [3.8, 4) is 0 Å². The highest BCUT2D eigenvalue weighted by Gasteiger charge is 2.18. The van der Waals surface area contributed by atoms with Crippen molar-refractivity contribution in [2.24, 2.45) is 4.99 Å². The Hall–Kier alpha value is -0.970. The van der Waals surface area contributed by atoms with Crippen LogP contribution in [0.1, 0.15) is 0 Å². The van der Waals surface area contributed by atoms with Crippen LogP contribution >= 0.6 is 11.6 Å². The number of hydrogen-bond acceptors (Lipinski definition) is 4. The number of aliphatic imine (C=N–C) groups is 1. The quantitative estimate of drug-likeness (QED) is 0.676. The van der Waals surface area contributed by atoms with Crippen LogP contribution in [0.2, 0.25) is 0 Å². The number of carbonyl (C=O) groups excluding carboxylic acids is 1. The summed E-state index contributed by atoms with van der Waals surface area (Å²) in [5.74, 6) is 0. The van der Waals surface area contributed by atoms with E-state index in [-0.39, 0.29) is 6.17 Å². The van der Waals surface area contributed by atoms with Gasteiger partial charge in [0.05, 0.1) is 18.2 Å². The number of halogens is 1. The summed E-state index contributed by atoms with van der Waals surface area (Å²) in [6, 6.07) is 0. The maximum absolute atomic E-state index is 10.7. The molecule has 4 nitrogen and oxygen atoms in total. The Labute approximate surface area is 99.2 Å². The van der Waals surface area contributed by atoms with Gasteiger partial charge in [-0.15, -0.1) is 0 Å².